The molecule has 5 nitrogen and oxygen atoms in total. The van der Waals surface area contributed by atoms with Crippen LogP contribution in [0.1, 0.15) is 29.7 Å². The standard InChI is InChI=1S/C22H21Cl2N3O2S2/c1-2-10-27-21(29)19-14-6-4-3-5-7-17(14)31-20(19)26-22(27)30-12-18(28)25-16-11-13(23)8-9-15(16)24/h2,8-9,11H,1,3-7,10,12H2,(H,25,28). The fraction of sp³-hybridized carbons (Fsp3) is 0.318. The second-order valence-electron chi connectivity index (χ2n) is 7.30. The Balaban J connectivity index is 1.61. The Morgan fingerprint density at radius 3 is 2.90 bits per heavy atom. The molecule has 31 heavy (non-hydrogen) atoms. The molecule has 2 heterocycles. The quantitative estimate of drug-likeness (QED) is 0.199. The third-order valence-electron chi connectivity index (χ3n) is 5.14. The molecule has 1 aliphatic rings. The van der Waals surface area contributed by atoms with Crippen molar-refractivity contribution in [3.05, 3.63) is 61.7 Å². The Hall–Kier alpha value is -1.80. The fourth-order valence-electron chi connectivity index (χ4n) is 3.71. The zero-order chi connectivity index (χ0) is 22.0. The van der Waals surface area contributed by atoms with E-state index in [4.69, 9.17) is 28.2 Å². The summed E-state index contributed by atoms with van der Waals surface area (Å²) in [5.74, 6) is -0.168. The van der Waals surface area contributed by atoms with Gasteiger partial charge in [-0.05, 0) is 49.4 Å². The average molecular weight is 494 g/mol. The van der Waals surface area contributed by atoms with Crippen molar-refractivity contribution < 1.29 is 4.79 Å². The highest BCUT2D eigenvalue weighted by atomic mass is 35.5. The number of allylic oxidation sites excluding steroid dienone is 1. The maximum atomic E-state index is 13.3. The molecule has 0 unspecified atom stereocenters. The second-order valence-corrected chi connectivity index (χ2v) is 10.2. The zero-order valence-corrected chi connectivity index (χ0v) is 19.9. The number of nitrogens with zero attached hydrogens (tertiary/aromatic N) is 2. The summed E-state index contributed by atoms with van der Waals surface area (Å²) in [6.07, 6.45) is 7.04. The number of anilines is 1. The van der Waals surface area contributed by atoms with Crippen molar-refractivity contribution in [2.75, 3.05) is 11.1 Å². The molecule has 1 aromatic carbocycles. The van der Waals surface area contributed by atoms with Gasteiger partial charge in [-0.2, -0.15) is 0 Å². The molecule has 4 rings (SSSR count). The first-order chi connectivity index (χ1) is 15.0. The van der Waals surface area contributed by atoms with Gasteiger partial charge in [-0.25, -0.2) is 4.98 Å². The first kappa shape index (κ1) is 22.4. The van der Waals surface area contributed by atoms with Crippen molar-refractivity contribution in [1.29, 1.82) is 0 Å². The number of hydrogen-bond donors (Lipinski definition) is 1. The van der Waals surface area contributed by atoms with Gasteiger partial charge in [0.25, 0.3) is 5.56 Å². The van der Waals surface area contributed by atoms with Gasteiger partial charge in [-0.3, -0.25) is 14.2 Å². The van der Waals surface area contributed by atoms with Crippen LogP contribution in [0.25, 0.3) is 10.2 Å². The van der Waals surface area contributed by atoms with Crippen LogP contribution in [0, 0.1) is 0 Å². The molecule has 0 bridgehead atoms. The minimum Gasteiger partial charge on any atom is -0.324 e. The van der Waals surface area contributed by atoms with Crippen LogP contribution in [-0.4, -0.2) is 21.2 Å². The normalized spacial score (nSPS) is 13.6. The second kappa shape index (κ2) is 9.77. The predicted octanol–water partition coefficient (Wildman–Crippen LogP) is 5.95. The third kappa shape index (κ3) is 4.85. The molecule has 162 valence electrons. The molecule has 1 amide bonds. The molecule has 0 aliphatic heterocycles. The van der Waals surface area contributed by atoms with Gasteiger partial charge >= 0.3 is 0 Å². The highest BCUT2D eigenvalue weighted by Crippen LogP contribution is 2.34. The maximum absolute atomic E-state index is 13.3. The van der Waals surface area contributed by atoms with Gasteiger partial charge < -0.3 is 5.32 Å². The number of aryl methyl sites for hydroxylation is 2. The molecule has 0 atom stereocenters. The van der Waals surface area contributed by atoms with Crippen molar-refractivity contribution in [2.24, 2.45) is 0 Å². The molecule has 2 aromatic heterocycles. The van der Waals surface area contributed by atoms with Crippen molar-refractivity contribution in [3.8, 4) is 0 Å². The molecular formula is C22H21Cl2N3O2S2. The van der Waals surface area contributed by atoms with E-state index < -0.39 is 0 Å². The fourth-order valence-corrected chi connectivity index (χ4v) is 6.15. The summed E-state index contributed by atoms with van der Waals surface area (Å²) in [6, 6.07) is 4.89. The number of carbonyl (C=O) groups is 1. The summed E-state index contributed by atoms with van der Waals surface area (Å²) in [6.45, 7) is 4.12. The van der Waals surface area contributed by atoms with Crippen LogP contribution in [0.3, 0.4) is 0 Å². The van der Waals surface area contributed by atoms with Crippen LogP contribution in [0.4, 0.5) is 5.69 Å². The monoisotopic (exact) mass is 493 g/mol. The number of carbonyl (C=O) groups excluding carboxylic acids is 1. The maximum Gasteiger partial charge on any atom is 0.263 e. The smallest absolute Gasteiger partial charge is 0.263 e. The predicted molar refractivity (Wildman–Crippen MR) is 131 cm³/mol. The van der Waals surface area contributed by atoms with Gasteiger partial charge in [-0.15, -0.1) is 17.9 Å². The Kier molecular flexibility index (Phi) is 7.06. The van der Waals surface area contributed by atoms with E-state index in [1.54, 1.807) is 40.2 Å². The number of rotatable bonds is 6. The minimum atomic E-state index is -0.254. The van der Waals surface area contributed by atoms with Crippen LogP contribution < -0.4 is 10.9 Å². The van der Waals surface area contributed by atoms with E-state index in [0.717, 1.165) is 41.5 Å². The van der Waals surface area contributed by atoms with E-state index in [9.17, 15) is 9.59 Å². The van der Waals surface area contributed by atoms with Crippen molar-refractivity contribution in [1.82, 2.24) is 9.55 Å². The molecule has 0 spiro atoms. The number of thiophene rings is 1. The average Bonchev–Trinajstić information content (AvgIpc) is 2.92. The number of thioether (sulfide) groups is 1. The number of aromatic nitrogens is 2. The molecule has 1 N–H and O–H groups in total. The van der Waals surface area contributed by atoms with Crippen molar-refractivity contribution in [2.45, 2.75) is 43.8 Å². The highest BCUT2D eigenvalue weighted by Gasteiger charge is 2.21. The molecular weight excluding hydrogens is 473 g/mol. The molecule has 0 radical (unpaired) electrons. The van der Waals surface area contributed by atoms with Gasteiger partial charge in [0.15, 0.2) is 5.16 Å². The van der Waals surface area contributed by atoms with Gasteiger partial charge in [0.1, 0.15) is 4.83 Å². The molecule has 9 heteroatoms. The Labute approximate surface area is 198 Å². The van der Waals surface area contributed by atoms with Gasteiger partial charge in [0.2, 0.25) is 5.91 Å². The SMILES string of the molecule is C=CCn1c(SCC(=O)Nc2cc(Cl)ccc2Cl)nc2sc3c(c2c1=O)CCCCC3. The molecule has 1 aliphatic carbocycles. The summed E-state index contributed by atoms with van der Waals surface area (Å²) in [7, 11) is 0. The minimum absolute atomic E-state index is 0.0508. The number of halogens is 2. The van der Waals surface area contributed by atoms with E-state index in [2.05, 4.69) is 11.9 Å². The third-order valence-corrected chi connectivity index (χ3v) is 7.86. The van der Waals surface area contributed by atoms with Crippen LogP contribution in [0.15, 0.2) is 40.8 Å². The Morgan fingerprint density at radius 1 is 1.29 bits per heavy atom. The van der Waals surface area contributed by atoms with Crippen LogP contribution in [-0.2, 0) is 24.2 Å². The lowest BCUT2D eigenvalue weighted by molar-refractivity contribution is -0.113. The summed E-state index contributed by atoms with van der Waals surface area (Å²) in [5, 5.41) is 4.91. The van der Waals surface area contributed by atoms with E-state index in [1.165, 1.54) is 23.1 Å². The molecule has 0 saturated carbocycles. The topological polar surface area (TPSA) is 64.0 Å². The van der Waals surface area contributed by atoms with Crippen LogP contribution in [0.2, 0.25) is 10.0 Å². The van der Waals surface area contributed by atoms with E-state index in [0.29, 0.717) is 27.4 Å². The Bertz CT molecular complexity index is 1220. The lowest BCUT2D eigenvalue weighted by Gasteiger charge is -2.11. The van der Waals surface area contributed by atoms with E-state index >= 15 is 0 Å². The summed E-state index contributed by atoms with van der Waals surface area (Å²) < 4.78 is 1.61. The van der Waals surface area contributed by atoms with Crippen molar-refractivity contribution >= 4 is 68.1 Å². The van der Waals surface area contributed by atoms with Crippen LogP contribution in [0.5, 0.6) is 0 Å². The number of nitrogens with one attached hydrogen (secondary N) is 1. The van der Waals surface area contributed by atoms with Gasteiger partial charge in [0.05, 0.1) is 21.8 Å². The van der Waals surface area contributed by atoms with Gasteiger partial charge in [0, 0.05) is 16.4 Å². The first-order valence-electron chi connectivity index (χ1n) is 10.0. The number of amides is 1. The lowest BCUT2D eigenvalue weighted by atomic mass is 10.1. The van der Waals surface area contributed by atoms with Crippen molar-refractivity contribution in [3.63, 3.8) is 0 Å². The molecule has 0 saturated heterocycles. The van der Waals surface area contributed by atoms with Gasteiger partial charge in [-0.1, -0.05) is 47.5 Å². The summed E-state index contributed by atoms with van der Waals surface area (Å²) in [5.41, 5.74) is 1.57. The molecule has 3 aromatic rings. The van der Waals surface area contributed by atoms with E-state index in [-0.39, 0.29) is 17.2 Å². The number of benzene rings is 1. The highest BCUT2D eigenvalue weighted by molar-refractivity contribution is 7.99. The lowest BCUT2D eigenvalue weighted by Crippen LogP contribution is -2.24. The first-order valence-corrected chi connectivity index (χ1v) is 12.6. The number of hydrogen-bond acceptors (Lipinski definition) is 5. The zero-order valence-electron chi connectivity index (χ0n) is 16.7. The largest absolute Gasteiger partial charge is 0.324 e. The number of fused-ring (bicyclic) bond motifs is 3. The van der Waals surface area contributed by atoms with E-state index in [1.807, 2.05) is 0 Å². The summed E-state index contributed by atoms with van der Waals surface area (Å²) >= 11 is 14.9. The van der Waals surface area contributed by atoms with Crippen LogP contribution >= 0.6 is 46.3 Å². The Morgan fingerprint density at radius 2 is 2.10 bits per heavy atom. The summed E-state index contributed by atoms with van der Waals surface area (Å²) in [4.78, 5) is 32.6. The molecule has 0 fully saturated rings.